The lowest BCUT2D eigenvalue weighted by Crippen LogP contribution is -2.02. The van der Waals surface area contributed by atoms with E-state index in [-0.39, 0.29) is 5.78 Å². The number of ketones is 1. The second-order valence-electron chi connectivity index (χ2n) is 4.82. The number of carbonyl (C=O) groups is 1. The molecular formula is C18H15NO2S. The van der Waals surface area contributed by atoms with Crippen LogP contribution in [-0.4, -0.2) is 12.9 Å². The molecule has 110 valence electrons. The lowest BCUT2D eigenvalue weighted by Gasteiger charge is -2.03. The van der Waals surface area contributed by atoms with Crippen molar-refractivity contribution >= 4 is 22.1 Å². The summed E-state index contributed by atoms with van der Waals surface area (Å²) in [7, 11) is 1.58. The molecule has 0 amide bonds. The van der Waals surface area contributed by atoms with Crippen molar-refractivity contribution in [1.29, 1.82) is 0 Å². The minimum absolute atomic E-state index is 0.0881. The van der Waals surface area contributed by atoms with Crippen LogP contribution in [0, 0.1) is 0 Å². The highest BCUT2D eigenvalue weighted by atomic mass is 32.1. The third-order valence-electron chi connectivity index (χ3n) is 3.40. The van der Waals surface area contributed by atoms with Crippen LogP contribution in [0.3, 0.4) is 0 Å². The summed E-state index contributed by atoms with van der Waals surface area (Å²) < 4.78 is 5.16. The quantitative estimate of drug-likeness (QED) is 0.733. The average molecular weight is 309 g/mol. The first-order valence-electron chi connectivity index (χ1n) is 6.82. The summed E-state index contributed by atoms with van der Waals surface area (Å²) in [4.78, 5) is 13.6. The van der Waals surface area contributed by atoms with Gasteiger partial charge in [0.15, 0.2) is 5.78 Å². The Kier molecular flexibility index (Phi) is 3.94. The van der Waals surface area contributed by atoms with Crippen LogP contribution in [0.25, 0.3) is 10.4 Å². The van der Waals surface area contributed by atoms with Crippen LogP contribution in [0.1, 0.15) is 15.9 Å². The van der Waals surface area contributed by atoms with Crippen LogP contribution in [0.4, 0.5) is 5.00 Å². The summed E-state index contributed by atoms with van der Waals surface area (Å²) in [6, 6.07) is 18.9. The number of benzene rings is 2. The van der Waals surface area contributed by atoms with Crippen molar-refractivity contribution in [1.82, 2.24) is 0 Å². The number of ether oxygens (including phenoxy) is 1. The van der Waals surface area contributed by atoms with Crippen molar-refractivity contribution in [3.8, 4) is 16.2 Å². The lowest BCUT2D eigenvalue weighted by atomic mass is 10.0. The van der Waals surface area contributed by atoms with E-state index in [0.717, 1.165) is 10.4 Å². The Bertz CT molecular complexity index is 809. The van der Waals surface area contributed by atoms with Crippen LogP contribution < -0.4 is 10.5 Å². The first-order valence-corrected chi connectivity index (χ1v) is 7.64. The molecule has 0 aliphatic heterocycles. The highest BCUT2D eigenvalue weighted by Gasteiger charge is 2.17. The molecule has 0 aliphatic carbocycles. The van der Waals surface area contributed by atoms with Crippen molar-refractivity contribution in [2.75, 3.05) is 12.8 Å². The SMILES string of the molecule is COc1cccc(C(=O)c2cc(-c3ccccc3)sc2N)c1. The van der Waals surface area contributed by atoms with Crippen molar-refractivity contribution in [3.05, 3.63) is 71.8 Å². The first kappa shape index (κ1) is 14.4. The number of methoxy groups -OCH3 is 1. The van der Waals surface area contributed by atoms with Crippen molar-refractivity contribution in [2.45, 2.75) is 0 Å². The van der Waals surface area contributed by atoms with Gasteiger partial charge in [-0.15, -0.1) is 11.3 Å². The number of carbonyl (C=O) groups excluding carboxylic acids is 1. The molecule has 0 radical (unpaired) electrons. The predicted octanol–water partition coefficient (Wildman–Crippen LogP) is 4.24. The third kappa shape index (κ3) is 2.73. The van der Waals surface area contributed by atoms with E-state index in [0.29, 0.717) is 21.9 Å². The topological polar surface area (TPSA) is 52.3 Å². The summed E-state index contributed by atoms with van der Waals surface area (Å²) >= 11 is 1.43. The standard InChI is InChI=1S/C18H15NO2S/c1-21-14-9-5-8-13(10-14)17(20)15-11-16(22-18(15)19)12-6-3-2-4-7-12/h2-11H,19H2,1H3. The fourth-order valence-electron chi connectivity index (χ4n) is 2.25. The van der Waals surface area contributed by atoms with Crippen molar-refractivity contribution < 1.29 is 9.53 Å². The Hall–Kier alpha value is -2.59. The van der Waals surface area contributed by atoms with Gasteiger partial charge >= 0.3 is 0 Å². The largest absolute Gasteiger partial charge is 0.497 e. The average Bonchev–Trinajstić information content (AvgIpc) is 2.97. The van der Waals surface area contributed by atoms with Gasteiger partial charge < -0.3 is 10.5 Å². The molecule has 0 spiro atoms. The normalized spacial score (nSPS) is 10.4. The van der Waals surface area contributed by atoms with E-state index < -0.39 is 0 Å². The number of nitrogen functional groups attached to an aromatic ring is 1. The first-order chi connectivity index (χ1) is 10.7. The number of nitrogens with two attached hydrogens (primary N) is 1. The van der Waals surface area contributed by atoms with E-state index in [1.807, 2.05) is 42.5 Å². The fourth-order valence-corrected chi connectivity index (χ4v) is 3.18. The monoisotopic (exact) mass is 309 g/mol. The van der Waals surface area contributed by atoms with Gasteiger partial charge in [-0.1, -0.05) is 42.5 Å². The zero-order valence-corrected chi connectivity index (χ0v) is 12.9. The van der Waals surface area contributed by atoms with E-state index in [2.05, 4.69) is 0 Å². The molecule has 2 aromatic carbocycles. The maximum Gasteiger partial charge on any atom is 0.196 e. The predicted molar refractivity (Wildman–Crippen MR) is 90.6 cm³/mol. The van der Waals surface area contributed by atoms with Gasteiger partial charge in [-0.05, 0) is 23.8 Å². The van der Waals surface area contributed by atoms with Crippen LogP contribution in [-0.2, 0) is 0 Å². The van der Waals surface area contributed by atoms with Crippen molar-refractivity contribution in [2.24, 2.45) is 0 Å². The summed E-state index contributed by atoms with van der Waals surface area (Å²) in [5.41, 5.74) is 8.22. The number of hydrogen-bond acceptors (Lipinski definition) is 4. The fraction of sp³-hybridized carbons (Fsp3) is 0.0556. The summed E-state index contributed by atoms with van der Waals surface area (Å²) in [6.45, 7) is 0. The molecule has 3 rings (SSSR count). The van der Waals surface area contributed by atoms with Gasteiger partial charge in [0.2, 0.25) is 0 Å². The molecule has 0 saturated carbocycles. The van der Waals surface area contributed by atoms with Crippen LogP contribution >= 0.6 is 11.3 Å². The van der Waals surface area contributed by atoms with Crippen LogP contribution in [0.15, 0.2) is 60.7 Å². The Morgan fingerprint density at radius 3 is 2.55 bits per heavy atom. The molecule has 1 heterocycles. The summed E-state index contributed by atoms with van der Waals surface area (Å²) in [5.74, 6) is 0.567. The molecule has 0 unspecified atom stereocenters. The minimum atomic E-state index is -0.0881. The number of rotatable bonds is 4. The van der Waals surface area contributed by atoms with E-state index in [4.69, 9.17) is 10.5 Å². The molecule has 3 aromatic rings. The maximum absolute atomic E-state index is 12.7. The maximum atomic E-state index is 12.7. The zero-order chi connectivity index (χ0) is 15.5. The molecular weight excluding hydrogens is 294 g/mol. The van der Waals surface area contributed by atoms with Gasteiger partial charge in [-0.25, -0.2) is 0 Å². The Balaban J connectivity index is 1.98. The molecule has 1 aromatic heterocycles. The van der Waals surface area contributed by atoms with Crippen LogP contribution in [0.2, 0.25) is 0 Å². The molecule has 3 nitrogen and oxygen atoms in total. The van der Waals surface area contributed by atoms with E-state index in [9.17, 15) is 4.79 Å². The second-order valence-corrected chi connectivity index (χ2v) is 5.90. The number of anilines is 1. The molecule has 0 bridgehead atoms. The van der Waals surface area contributed by atoms with Gasteiger partial charge in [0.05, 0.1) is 17.7 Å². The lowest BCUT2D eigenvalue weighted by molar-refractivity contribution is 0.103. The van der Waals surface area contributed by atoms with Crippen LogP contribution in [0.5, 0.6) is 5.75 Å². The van der Waals surface area contributed by atoms with Gasteiger partial charge in [-0.3, -0.25) is 4.79 Å². The number of thiophene rings is 1. The smallest absolute Gasteiger partial charge is 0.196 e. The Morgan fingerprint density at radius 1 is 1.05 bits per heavy atom. The van der Waals surface area contributed by atoms with Gasteiger partial charge in [0.1, 0.15) is 5.75 Å². The van der Waals surface area contributed by atoms with E-state index in [1.54, 1.807) is 25.3 Å². The third-order valence-corrected chi connectivity index (χ3v) is 4.41. The summed E-state index contributed by atoms with van der Waals surface area (Å²) in [6.07, 6.45) is 0. The zero-order valence-electron chi connectivity index (χ0n) is 12.1. The van der Waals surface area contributed by atoms with Gasteiger partial charge in [-0.2, -0.15) is 0 Å². The Morgan fingerprint density at radius 2 is 1.82 bits per heavy atom. The van der Waals surface area contributed by atoms with E-state index >= 15 is 0 Å². The molecule has 0 atom stereocenters. The van der Waals surface area contributed by atoms with E-state index in [1.165, 1.54) is 11.3 Å². The highest BCUT2D eigenvalue weighted by Crippen LogP contribution is 2.34. The Labute approximate surface area is 133 Å². The highest BCUT2D eigenvalue weighted by molar-refractivity contribution is 7.19. The van der Waals surface area contributed by atoms with Gasteiger partial charge in [0.25, 0.3) is 0 Å². The van der Waals surface area contributed by atoms with Gasteiger partial charge in [0, 0.05) is 10.4 Å². The minimum Gasteiger partial charge on any atom is -0.497 e. The molecule has 2 N–H and O–H groups in total. The molecule has 0 saturated heterocycles. The molecule has 0 fully saturated rings. The van der Waals surface area contributed by atoms with Crippen molar-refractivity contribution in [3.63, 3.8) is 0 Å². The molecule has 4 heteroatoms. The summed E-state index contributed by atoms with van der Waals surface area (Å²) in [5, 5.41) is 0.534. The number of hydrogen-bond donors (Lipinski definition) is 1. The molecule has 0 aliphatic rings. The molecule has 22 heavy (non-hydrogen) atoms. The second kappa shape index (κ2) is 6.03.